The number of likely N-dealkylation sites (tertiary alicyclic amines) is 1. The zero-order valence-corrected chi connectivity index (χ0v) is 16.8. The van der Waals surface area contributed by atoms with Crippen LogP contribution in [0.1, 0.15) is 25.3 Å². The molecule has 1 aliphatic rings. The molecule has 0 saturated carbocycles. The van der Waals surface area contributed by atoms with E-state index in [1.54, 1.807) is 12.1 Å². The lowest BCUT2D eigenvalue weighted by atomic mass is 10.0. The number of anilines is 1. The van der Waals surface area contributed by atoms with Crippen LogP contribution in [0.4, 0.5) is 5.69 Å². The second kappa shape index (κ2) is 9.51. The van der Waals surface area contributed by atoms with Crippen LogP contribution >= 0.6 is 23.2 Å². The van der Waals surface area contributed by atoms with Gasteiger partial charge in [-0.1, -0.05) is 53.5 Å². The van der Waals surface area contributed by atoms with Crippen molar-refractivity contribution in [3.63, 3.8) is 0 Å². The van der Waals surface area contributed by atoms with Gasteiger partial charge in [-0.05, 0) is 50.6 Å². The van der Waals surface area contributed by atoms with Crippen LogP contribution in [0.3, 0.4) is 0 Å². The first kappa shape index (κ1) is 20.1. The number of benzene rings is 1. The maximum Gasteiger partial charge on any atom is 0.241 e. The summed E-state index contributed by atoms with van der Waals surface area (Å²) in [6.07, 6.45) is 2.04. The van der Waals surface area contributed by atoms with E-state index in [4.69, 9.17) is 23.2 Å². The van der Waals surface area contributed by atoms with Crippen LogP contribution in [-0.4, -0.2) is 41.0 Å². The van der Waals surface area contributed by atoms with Gasteiger partial charge in [-0.15, -0.1) is 0 Å². The molecule has 27 heavy (non-hydrogen) atoms. The smallest absolute Gasteiger partial charge is 0.241 e. The van der Waals surface area contributed by atoms with Gasteiger partial charge in [0, 0.05) is 12.6 Å². The largest absolute Gasteiger partial charge is 0.322 e. The van der Waals surface area contributed by atoms with Crippen molar-refractivity contribution in [2.24, 2.45) is 0 Å². The summed E-state index contributed by atoms with van der Waals surface area (Å²) >= 11 is 11.8. The van der Waals surface area contributed by atoms with E-state index in [1.807, 2.05) is 13.0 Å². The highest BCUT2D eigenvalue weighted by Gasteiger charge is 2.23. The van der Waals surface area contributed by atoms with Gasteiger partial charge in [-0.3, -0.25) is 9.69 Å². The standard InChI is InChI=1S/C20H24Cl2N4O/c1-14(20(27)24-17-7-8-18(21)25-19(17)22)23-16-9-11-26(12-10-16)13-15-5-3-2-4-6-15/h2-8,14,16,23H,9-13H2,1H3,(H,24,27)/t14-/m1/s1. The quantitative estimate of drug-likeness (QED) is 0.712. The Morgan fingerprint density at radius 3 is 2.56 bits per heavy atom. The summed E-state index contributed by atoms with van der Waals surface area (Å²) in [6, 6.07) is 13.8. The van der Waals surface area contributed by atoms with Crippen LogP contribution in [0, 0.1) is 0 Å². The van der Waals surface area contributed by atoms with Crippen LogP contribution in [0.2, 0.25) is 10.3 Å². The monoisotopic (exact) mass is 406 g/mol. The predicted octanol–water partition coefficient (Wildman–Crippen LogP) is 3.97. The van der Waals surface area contributed by atoms with Crippen molar-refractivity contribution in [1.82, 2.24) is 15.2 Å². The summed E-state index contributed by atoms with van der Waals surface area (Å²) in [4.78, 5) is 18.8. The first-order valence-corrected chi connectivity index (χ1v) is 9.92. The fraction of sp³-hybridized carbons (Fsp3) is 0.400. The molecule has 5 nitrogen and oxygen atoms in total. The minimum Gasteiger partial charge on any atom is -0.322 e. The highest BCUT2D eigenvalue weighted by molar-refractivity contribution is 6.34. The van der Waals surface area contributed by atoms with E-state index in [0.717, 1.165) is 32.5 Å². The topological polar surface area (TPSA) is 57.3 Å². The molecule has 1 atom stereocenters. The van der Waals surface area contributed by atoms with E-state index in [2.05, 4.69) is 44.8 Å². The summed E-state index contributed by atoms with van der Waals surface area (Å²) < 4.78 is 0. The molecule has 1 saturated heterocycles. The Balaban J connectivity index is 1.44. The number of aromatic nitrogens is 1. The van der Waals surface area contributed by atoms with E-state index in [1.165, 1.54) is 5.56 Å². The van der Waals surface area contributed by atoms with Crippen molar-refractivity contribution in [2.45, 2.75) is 38.4 Å². The Bertz CT molecular complexity index is 764. The van der Waals surface area contributed by atoms with Gasteiger partial charge in [-0.2, -0.15) is 0 Å². The molecule has 3 rings (SSSR count). The Hall–Kier alpha value is -1.66. The van der Waals surface area contributed by atoms with E-state index < -0.39 is 0 Å². The molecule has 2 aromatic rings. The minimum atomic E-state index is -0.317. The molecule has 1 aromatic heterocycles. The van der Waals surface area contributed by atoms with Crippen molar-refractivity contribution in [1.29, 1.82) is 0 Å². The molecule has 144 valence electrons. The SMILES string of the molecule is C[C@@H](NC1CCN(Cc2ccccc2)CC1)C(=O)Nc1ccc(Cl)nc1Cl. The third kappa shape index (κ3) is 5.91. The first-order valence-electron chi connectivity index (χ1n) is 9.16. The summed E-state index contributed by atoms with van der Waals surface area (Å²) in [5, 5.41) is 6.72. The Kier molecular flexibility index (Phi) is 7.07. The molecular formula is C20H24Cl2N4O. The summed E-state index contributed by atoms with van der Waals surface area (Å²) in [5.74, 6) is -0.132. The molecule has 1 aromatic carbocycles. The second-order valence-electron chi connectivity index (χ2n) is 6.89. The molecule has 0 spiro atoms. The van der Waals surface area contributed by atoms with Crippen LogP contribution in [0.5, 0.6) is 0 Å². The predicted molar refractivity (Wildman–Crippen MR) is 110 cm³/mol. The third-order valence-electron chi connectivity index (χ3n) is 4.79. The average molecular weight is 407 g/mol. The Morgan fingerprint density at radius 2 is 1.89 bits per heavy atom. The van der Waals surface area contributed by atoms with Crippen molar-refractivity contribution in [2.75, 3.05) is 18.4 Å². The van der Waals surface area contributed by atoms with Crippen molar-refractivity contribution in [3.8, 4) is 0 Å². The lowest BCUT2D eigenvalue weighted by molar-refractivity contribution is -0.118. The molecule has 1 amide bonds. The van der Waals surface area contributed by atoms with Crippen LogP contribution in [0.15, 0.2) is 42.5 Å². The molecule has 1 aliphatic heterocycles. The van der Waals surface area contributed by atoms with E-state index in [0.29, 0.717) is 16.9 Å². The Labute approximate surface area is 170 Å². The number of piperidine rings is 1. The fourth-order valence-corrected chi connectivity index (χ4v) is 3.67. The molecule has 2 N–H and O–H groups in total. The van der Waals surface area contributed by atoms with Crippen LogP contribution < -0.4 is 10.6 Å². The van der Waals surface area contributed by atoms with Gasteiger partial charge in [0.05, 0.1) is 11.7 Å². The fourth-order valence-electron chi connectivity index (χ4n) is 3.27. The highest BCUT2D eigenvalue weighted by Crippen LogP contribution is 2.22. The molecule has 1 fully saturated rings. The van der Waals surface area contributed by atoms with Gasteiger partial charge < -0.3 is 10.6 Å². The summed E-state index contributed by atoms with van der Waals surface area (Å²) in [7, 11) is 0. The number of carbonyl (C=O) groups excluding carboxylic acids is 1. The zero-order valence-electron chi connectivity index (χ0n) is 15.3. The van der Waals surface area contributed by atoms with Crippen LogP contribution in [0.25, 0.3) is 0 Å². The van der Waals surface area contributed by atoms with Gasteiger partial charge in [0.2, 0.25) is 5.91 Å². The van der Waals surface area contributed by atoms with Gasteiger partial charge >= 0.3 is 0 Å². The van der Waals surface area contributed by atoms with Gasteiger partial charge in [0.15, 0.2) is 5.15 Å². The van der Waals surface area contributed by atoms with Gasteiger partial charge in [0.1, 0.15) is 5.15 Å². The minimum absolute atomic E-state index is 0.132. The Morgan fingerprint density at radius 1 is 1.19 bits per heavy atom. The number of nitrogens with one attached hydrogen (secondary N) is 2. The van der Waals surface area contributed by atoms with Crippen molar-refractivity contribution >= 4 is 34.8 Å². The van der Waals surface area contributed by atoms with Crippen molar-refractivity contribution in [3.05, 3.63) is 58.3 Å². The number of amides is 1. The first-order chi connectivity index (χ1) is 13.0. The molecule has 0 unspecified atom stereocenters. The molecule has 0 bridgehead atoms. The maximum atomic E-state index is 12.4. The number of rotatable bonds is 6. The number of pyridine rings is 1. The van der Waals surface area contributed by atoms with Gasteiger partial charge in [0.25, 0.3) is 0 Å². The number of hydrogen-bond acceptors (Lipinski definition) is 4. The zero-order chi connectivity index (χ0) is 19.2. The number of carbonyl (C=O) groups is 1. The van der Waals surface area contributed by atoms with Gasteiger partial charge in [-0.25, -0.2) is 4.98 Å². The van der Waals surface area contributed by atoms with Crippen LogP contribution in [-0.2, 0) is 11.3 Å². The number of hydrogen-bond donors (Lipinski definition) is 2. The average Bonchev–Trinajstić information content (AvgIpc) is 2.66. The van der Waals surface area contributed by atoms with Crippen molar-refractivity contribution < 1.29 is 4.79 Å². The van der Waals surface area contributed by atoms with E-state index in [-0.39, 0.29) is 17.1 Å². The summed E-state index contributed by atoms with van der Waals surface area (Å²) in [6.45, 7) is 4.89. The second-order valence-corrected chi connectivity index (χ2v) is 7.63. The molecule has 7 heteroatoms. The van der Waals surface area contributed by atoms with E-state index in [9.17, 15) is 4.79 Å². The number of nitrogens with zero attached hydrogens (tertiary/aromatic N) is 2. The highest BCUT2D eigenvalue weighted by atomic mass is 35.5. The lowest BCUT2D eigenvalue weighted by Gasteiger charge is -2.33. The molecule has 0 radical (unpaired) electrons. The number of halogens is 2. The molecule has 0 aliphatic carbocycles. The lowest BCUT2D eigenvalue weighted by Crippen LogP contribution is -2.48. The molecule has 2 heterocycles. The maximum absolute atomic E-state index is 12.4. The summed E-state index contributed by atoms with van der Waals surface area (Å²) in [5.41, 5.74) is 1.81. The normalized spacial score (nSPS) is 16.9. The molecular weight excluding hydrogens is 383 g/mol. The third-order valence-corrected chi connectivity index (χ3v) is 5.29. The van der Waals surface area contributed by atoms with E-state index >= 15 is 0 Å².